The topological polar surface area (TPSA) is 58.2 Å². The van der Waals surface area contributed by atoms with Crippen LogP contribution in [0.15, 0.2) is 29.0 Å². The summed E-state index contributed by atoms with van der Waals surface area (Å²) < 4.78 is 0. The van der Waals surface area contributed by atoms with Crippen molar-refractivity contribution in [3.05, 3.63) is 51.2 Å². The summed E-state index contributed by atoms with van der Waals surface area (Å²) in [4.78, 5) is 23.8. The largest absolute Gasteiger partial charge is 0.344 e. The average molecular weight is 302 g/mol. The van der Waals surface area contributed by atoms with Gasteiger partial charge in [0.15, 0.2) is 0 Å². The highest BCUT2D eigenvalue weighted by Gasteiger charge is 2.15. The molecule has 1 aromatic heterocycles. The molecule has 0 bridgehead atoms. The second kappa shape index (κ2) is 6.54. The van der Waals surface area contributed by atoms with Crippen LogP contribution in [-0.4, -0.2) is 11.8 Å². The molecule has 5 heteroatoms. The van der Waals surface area contributed by atoms with Gasteiger partial charge >= 0.3 is 11.8 Å². The summed E-state index contributed by atoms with van der Waals surface area (Å²) in [5.74, 6) is -1.26. The van der Waals surface area contributed by atoms with Crippen molar-refractivity contribution in [2.24, 2.45) is 0 Å². The lowest BCUT2D eigenvalue weighted by Crippen LogP contribution is -2.35. The lowest BCUT2D eigenvalue weighted by Gasteiger charge is -2.12. The number of anilines is 1. The Bertz CT molecular complexity index is 640. The van der Waals surface area contributed by atoms with Crippen LogP contribution < -0.4 is 10.6 Å². The molecule has 0 spiro atoms. The fourth-order valence-corrected chi connectivity index (χ4v) is 2.87. The van der Waals surface area contributed by atoms with E-state index < -0.39 is 11.8 Å². The summed E-state index contributed by atoms with van der Waals surface area (Å²) >= 11 is 1.56. The maximum atomic E-state index is 11.9. The molecule has 4 nitrogen and oxygen atoms in total. The van der Waals surface area contributed by atoms with Crippen molar-refractivity contribution in [1.82, 2.24) is 5.32 Å². The Kier molecular flexibility index (Phi) is 4.75. The minimum atomic E-state index is -0.639. The van der Waals surface area contributed by atoms with Crippen molar-refractivity contribution in [1.29, 1.82) is 0 Å². The Hall–Kier alpha value is -2.14. The summed E-state index contributed by atoms with van der Waals surface area (Å²) in [5.41, 5.74) is 4.73. The molecule has 1 aromatic carbocycles. The minimum Gasteiger partial charge on any atom is -0.344 e. The van der Waals surface area contributed by atoms with E-state index in [4.69, 9.17) is 0 Å². The molecule has 0 aliphatic rings. The van der Waals surface area contributed by atoms with Crippen molar-refractivity contribution in [2.45, 2.75) is 27.3 Å². The zero-order valence-electron chi connectivity index (χ0n) is 12.3. The van der Waals surface area contributed by atoms with E-state index >= 15 is 0 Å². The van der Waals surface area contributed by atoms with Gasteiger partial charge in [-0.05, 0) is 54.3 Å². The molecule has 0 aliphatic heterocycles. The van der Waals surface area contributed by atoms with Gasteiger partial charge in [0, 0.05) is 12.2 Å². The standard InChI is InChI=1S/C16H18N2O2S/c1-10-6-11(2)14(12(3)7-10)18-16(20)15(19)17-8-13-4-5-21-9-13/h4-7,9H,8H2,1-3H3,(H,17,19)(H,18,20). The van der Waals surface area contributed by atoms with Gasteiger partial charge in [0.25, 0.3) is 0 Å². The number of carbonyl (C=O) groups excluding carboxylic acids is 2. The summed E-state index contributed by atoms with van der Waals surface area (Å²) in [5, 5.41) is 9.17. The van der Waals surface area contributed by atoms with Gasteiger partial charge in [-0.2, -0.15) is 11.3 Å². The Morgan fingerprint density at radius 2 is 1.76 bits per heavy atom. The molecule has 0 saturated carbocycles. The average Bonchev–Trinajstić information content (AvgIpc) is 2.93. The normalized spacial score (nSPS) is 10.2. The zero-order valence-corrected chi connectivity index (χ0v) is 13.1. The number of rotatable bonds is 3. The van der Waals surface area contributed by atoms with E-state index in [1.807, 2.05) is 49.7 Å². The smallest absolute Gasteiger partial charge is 0.313 e. The molecule has 110 valence electrons. The van der Waals surface area contributed by atoms with Gasteiger partial charge in [0.1, 0.15) is 0 Å². The van der Waals surface area contributed by atoms with E-state index in [0.29, 0.717) is 12.2 Å². The molecule has 0 radical (unpaired) electrons. The highest BCUT2D eigenvalue weighted by molar-refractivity contribution is 7.07. The van der Waals surface area contributed by atoms with Crippen molar-refractivity contribution in [3.8, 4) is 0 Å². The lowest BCUT2D eigenvalue weighted by molar-refractivity contribution is -0.136. The SMILES string of the molecule is Cc1cc(C)c(NC(=O)C(=O)NCc2ccsc2)c(C)c1. The molecule has 1 heterocycles. The summed E-state index contributed by atoms with van der Waals surface area (Å²) in [6.45, 7) is 6.19. The minimum absolute atomic E-state index is 0.363. The molecular formula is C16H18N2O2S. The molecule has 2 aromatic rings. The summed E-state index contributed by atoms with van der Waals surface area (Å²) in [7, 11) is 0. The van der Waals surface area contributed by atoms with Crippen molar-refractivity contribution >= 4 is 28.8 Å². The van der Waals surface area contributed by atoms with Crippen LogP contribution in [0.4, 0.5) is 5.69 Å². The second-order valence-electron chi connectivity index (χ2n) is 5.04. The van der Waals surface area contributed by atoms with Crippen molar-refractivity contribution in [3.63, 3.8) is 0 Å². The van der Waals surface area contributed by atoms with Gasteiger partial charge in [0.05, 0.1) is 0 Å². The van der Waals surface area contributed by atoms with Crippen LogP contribution in [0.5, 0.6) is 0 Å². The van der Waals surface area contributed by atoms with Crippen molar-refractivity contribution < 1.29 is 9.59 Å². The lowest BCUT2D eigenvalue weighted by atomic mass is 10.1. The first-order valence-corrected chi connectivity index (χ1v) is 7.59. The highest BCUT2D eigenvalue weighted by Crippen LogP contribution is 2.21. The second-order valence-corrected chi connectivity index (χ2v) is 5.82. The molecular weight excluding hydrogens is 284 g/mol. The van der Waals surface area contributed by atoms with Gasteiger partial charge in [-0.3, -0.25) is 9.59 Å². The van der Waals surface area contributed by atoms with Gasteiger partial charge in [-0.15, -0.1) is 0 Å². The molecule has 21 heavy (non-hydrogen) atoms. The number of hydrogen-bond acceptors (Lipinski definition) is 3. The predicted molar refractivity (Wildman–Crippen MR) is 85.4 cm³/mol. The Morgan fingerprint density at radius 3 is 2.33 bits per heavy atom. The number of nitrogens with one attached hydrogen (secondary N) is 2. The fraction of sp³-hybridized carbons (Fsp3) is 0.250. The summed E-state index contributed by atoms with van der Waals surface area (Å²) in [6.07, 6.45) is 0. The van der Waals surface area contributed by atoms with E-state index in [0.717, 1.165) is 22.3 Å². The van der Waals surface area contributed by atoms with Gasteiger partial charge < -0.3 is 10.6 Å². The predicted octanol–water partition coefficient (Wildman–Crippen LogP) is 2.93. The third kappa shape index (κ3) is 3.92. The number of carbonyl (C=O) groups is 2. The fourth-order valence-electron chi connectivity index (χ4n) is 2.20. The maximum Gasteiger partial charge on any atom is 0.313 e. The van der Waals surface area contributed by atoms with Gasteiger partial charge in [0.2, 0.25) is 0 Å². The van der Waals surface area contributed by atoms with E-state index in [1.54, 1.807) is 11.3 Å². The number of thiophene rings is 1. The summed E-state index contributed by atoms with van der Waals surface area (Å²) in [6, 6.07) is 5.87. The zero-order chi connectivity index (χ0) is 15.4. The molecule has 0 unspecified atom stereocenters. The van der Waals surface area contributed by atoms with E-state index in [-0.39, 0.29) is 0 Å². The monoisotopic (exact) mass is 302 g/mol. The van der Waals surface area contributed by atoms with Gasteiger partial charge in [-0.1, -0.05) is 17.7 Å². The third-order valence-corrected chi connectivity index (χ3v) is 3.89. The number of amides is 2. The highest BCUT2D eigenvalue weighted by atomic mass is 32.1. The quantitative estimate of drug-likeness (QED) is 0.857. The van der Waals surface area contributed by atoms with Crippen LogP contribution in [-0.2, 0) is 16.1 Å². The molecule has 0 aliphatic carbocycles. The Balaban J connectivity index is 1.99. The number of aryl methyl sites for hydroxylation is 3. The van der Waals surface area contributed by atoms with Crippen molar-refractivity contribution in [2.75, 3.05) is 5.32 Å². The molecule has 2 amide bonds. The van der Waals surface area contributed by atoms with E-state index in [9.17, 15) is 9.59 Å². The van der Waals surface area contributed by atoms with E-state index in [1.165, 1.54) is 0 Å². The van der Waals surface area contributed by atoms with Crippen LogP contribution in [0.2, 0.25) is 0 Å². The Labute approximate surface area is 128 Å². The first-order valence-electron chi connectivity index (χ1n) is 6.65. The molecule has 0 saturated heterocycles. The maximum absolute atomic E-state index is 11.9. The van der Waals surface area contributed by atoms with Crippen LogP contribution in [0.1, 0.15) is 22.3 Å². The number of hydrogen-bond donors (Lipinski definition) is 2. The number of benzene rings is 1. The first-order chi connectivity index (χ1) is 9.97. The first kappa shape index (κ1) is 15.3. The molecule has 2 N–H and O–H groups in total. The molecule has 0 atom stereocenters. The van der Waals surface area contributed by atoms with E-state index in [2.05, 4.69) is 10.6 Å². The molecule has 0 fully saturated rings. The van der Waals surface area contributed by atoms with Crippen LogP contribution in [0.3, 0.4) is 0 Å². The van der Waals surface area contributed by atoms with Crippen LogP contribution >= 0.6 is 11.3 Å². The Morgan fingerprint density at radius 1 is 1.10 bits per heavy atom. The van der Waals surface area contributed by atoms with Gasteiger partial charge in [-0.25, -0.2) is 0 Å². The van der Waals surface area contributed by atoms with Crippen LogP contribution in [0.25, 0.3) is 0 Å². The third-order valence-electron chi connectivity index (χ3n) is 3.15. The van der Waals surface area contributed by atoms with Crippen LogP contribution in [0, 0.1) is 20.8 Å². The molecule has 2 rings (SSSR count).